The highest BCUT2D eigenvalue weighted by molar-refractivity contribution is 5.96. The Hall–Kier alpha value is -4.07. The Morgan fingerprint density at radius 2 is 1.90 bits per heavy atom. The van der Waals surface area contributed by atoms with Gasteiger partial charge in [-0.05, 0) is 17.7 Å². The zero-order valence-electron chi connectivity index (χ0n) is 16.6. The number of aromatic nitrogens is 2. The summed E-state index contributed by atoms with van der Waals surface area (Å²) in [6.45, 7) is 0.903. The van der Waals surface area contributed by atoms with Crippen LogP contribution in [0.4, 0.5) is 0 Å². The summed E-state index contributed by atoms with van der Waals surface area (Å²) in [6, 6.07) is 12.5. The molecule has 2 aliphatic rings. The number of pyridine rings is 2. The number of aromatic hydroxyl groups is 1. The van der Waals surface area contributed by atoms with E-state index in [9.17, 15) is 14.7 Å². The summed E-state index contributed by atoms with van der Waals surface area (Å²) < 4.78 is 7.57. The lowest BCUT2D eigenvalue weighted by Gasteiger charge is -2.43. The van der Waals surface area contributed by atoms with Gasteiger partial charge in [-0.2, -0.15) is 0 Å². The lowest BCUT2D eigenvalue weighted by atomic mass is 9.98. The number of fused-ring (bicyclic) bond motifs is 5. The van der Waals surface area contributed by atoms with Crippen molar-refractivity contribution in [2.45, 2.75) is 6.04 Å². The molecule has 0 saturated carbocycles. The summed E-state index contributed by atoms with van der Waals surface area (Å²) in [4.78, 5) is 31.2. The number of carbonyl (C=O) groups excluding carboxylic acids is 1. The Morgan fingerprint density at radius 1 is 1.06 bits per heavy atom. The lowest BCUT2D eigenvalue weighted by molar-refractivity contribution is 0.0701. The number of hydrogen-bond acceptors (Lipinski definition) is 6. The maximum atomic E-state index is 13.1. The largest absolute Gasteiger partial charge is 0.502 e. The summed E-state index contributed by atoms with van der Waals surface area (Å²) in [5.74, 6) is -0.296. The highest BCUT2D eigenvalue weighted by atomic mass is 16.5. The van der Waals surface area contributed by atoms with Crippen molar-refractivity contribution in [3.63, 3.8) is 0 Å². The van der Waals surface area contributed by atoms with Gasteiger partial charge in [-0.3, -0.25) is 24.3 Å². The molecule has 0 unspecified atom stereocenters. The van der Waals surface area contributed by atoms with Crippen molar-refractivity contribution >= 4 is 5.91 Å². The molecule has 2 bridgehead atoms. The molecule has 3 aromatic rings. The molecule has 0 aliphatic carbocycles. The van der Waals surface area contributed by atoms with Crippen molar-refractivity contribution in [1.29, 1.82) is 0 Å². The minimum atomic E-state index is -0.595. The molecule has 0 spiro atoms. The van der Waals surface area contributed by atoms with Gasteiger partial charge in [0.15, 0.2) is 11.4 Å². The zero-order valence-corrected chi connectivity index (χ0v) is 16.6. The van der Waals surface area contributed by atoms with Gasteiger partial charge in [-0.15, -0.1) is 0 Å². The average molecular weight is 416 g/mol. The van der Waals surface area contributed by atoms with Gasteiger partial charge in [-0.1, -0.05) is 36.4 Å². The minimum Gasteiger partial charge on any atom is -0.502 e. The first-order valence-corrected chi connectivity index (χ1v) is 9.92. The van der Waals surface area contributed by atoms with E-state index in [0.717, 1.165) is 11.1 Å². The molecular formula is C23H20N4O4. The summed E-state index contributed by atoms with van der Waals surface area (Å²) in [5.41, 5.74) is 1.11. The Balaban J connectivity index is 1.80. The van der Waals surface area contributed by atoms with Crippen LogP contribution in [0, 0.1) is 0 Å². The molecule has 4 heterocycles. The minimum absolute atomic E-state index is 0.0568. The Morgan fingerprint density at radius 3 is 2.74 bits per heavy atom. The van der Waals surface area contributed by atoms with Crippen LogP contribution in [-0.4, -0.2) is 45.4 Å². The first-order valence-electron chi connectivity index (χ1n) is 9.92. The quantitative estimate of drug-likeness (QED) is 0.611. The van der Waals surface area contributed by atoms with Crippen LogP contribution in [0.2, 0.25) is 0 Å². The van der Waals surface area contributed by atoms with Gasteiger partial charge in [0.05, 0.1) is 0 Å². The molecule has 31 heavy (non-hydrogen) atoms. The summed E-state index contributed by atoms with van der Waals surface area (Å²) >= 11 is 0. The Bertz CT molecular complexity index is 1220. The van der Waals surface area contributed by atoms with Crippen LogP contribution in [0.3, 0.4) is 0 Å². The average Bonchev–Trinajstić information content (AvgIpc) is 2.82. The molecule has 1 atom stereocenters. The van der Waals surface area contributed by atoms with E-state index in [-0.39, 0.29) is 18.4 Å². The van der Waals surface area contributed by atoms with Gasteiger partial charge >= 0.3 is 0 Å². The van der Waals surface area contributed by atoms with Crippen molar-refractivity contribution in [3.05, 3.63) is 100 Å². The summed E-state index contributed by atoms with van der Waals surface area (Å²) in [7, 11) is 0. The maximum Gasteiger partial charge on any atom is 0.278 e. The SMILES string of the molecule is O=C1c2c(O)c(=O)ccn2N2CN1C/C=C\COc1ccncc1[C@@H]2c1ccccc1. The number of benzene rings is 1. The molecule has 0 radical (unpaired) electrons. The van der Waals surface area contributed by atoms with E-state index >= 15 is 0 Å². The molecule has 8 nitrogen and oxygen atoms in total. The summed E-state index contributed by atoms with van der Waals surface area (Å²) in [6.07, 6.45) is 8.63. The van der Waals surface area contributed by atoms with Crippen LogP contribution < -0.4 is 15.2 Å². The fourth-order valence-electron chi connectivity index (χ4n) is 4.02. The maximum absolute atomic E-state index is 13.1. The molecule has 1 aromatic carbocycles. The second-order valence-corrected chi connectivity index (χ2v) is 7.34. The van der Waals surface area contributed by atoms with Gasteiger partial charge in [0.25, 0.3) is 5.91 Å². The van der Waals surface area contributed by atoms with E-state index < -0.39 is 17.1 Å². The standard InChI is InChI=1S/C23H20N4O4/c28-18-9-12-26-21(22(18)29)23(30)25-11-4-5-13-31-19-8-10-24-14-17(19)20(27(26)15-25)16-6-2-1-3-7-16/h1-10,12,14,20,29H,11,13,15H2/b5-4-/t20-/m0/s1. The number of amides is 1. The fraction of sp³-hybridized carbons (Fsp3) is 0.174. The molecule has 5 rings (SSSR count). The molecule has 1 N–H and O–H groups in total. The van der Waals surface area contributed by atoms with Crippen LogP contribution >= 0.6 is 0 Å². The van der Waals surface area contributed by atoms with Crippen LogP contribution in [0.1, 0.15) is 27.7 Å². The smallest absolute Gasteiger partial charge is 0.278 e. The van der Waals surface area contributed by atoms with Crippen LogP contribution in [0.25, 0.3) is 0 Å². The number of ether oxygens (including phenoxy) is 1. The Labute approximate surface area is 178 Å². The number of rotatable bonds is 1. The van der Waals surface area contributed by atoms with E-state index in [0.29, 0.717) is 18.9 Å². The molecule has 156 valence electrons. The summed E-state index contributed by atoms with van der Waals surface area (Å²) in [5, 5.41) is 12.4. The normalized spacial score (nSPS) is 19.0. The molecule has 2 aliphatic heterocycles. The van der Waals surface area contributed by atoms with Crippen molar-refractivity contribution in [2.75, 3.05) is 24.8 Å². The molecule has 0 saturated heterocycles. The first kappa shape index (κ1) is 18.9. The second-order valence-electron chi connectivity index (χ2n) is 7.34. The van der Waals surface area contributed by atoms with Crippen LogP contribution in [0.15, 0.2) is 78.0 Å². The molecule has 1 amide bonds. The molecular weight excluding hydrogens is 396 g/mol. The van der Waals surface area contributed by atoms with Crippen molar-refractivity contribution in [3.8, 4) is 11.5 Å². The first-order chi connectivity index (χ1) is 15.1. The predicted molar refractivity (Wildman–Crippen MR) is 114 cm³/mol. The third-order valence-corrected chi connectivity index (χ3v) is 5.48. The zero-order chi connectivity index (χ0) is 21.4. The van der Waals surface area contributed by atoms with E-state index in [1.54, 1.807) is 22.0 Å². The molecule has 8 heteroatoms. The van der Waals surface area contributed by atoms with Gasteiger partial charge in [0.1, 0.15) is 25.1 Å². The predicted octanol–water partition coefficient (Wildman–Crippen LogP) is 2.04. The van der Waals surface area contributed by atoms with Gasteiger partial charge in [0.2, 0.25) is 5.43 Å². The van der Waals surface area contributed by atoms with Crippen molar-refractivity contribution in [1.82, 2.24) is 14.6 Å². The third-order valence-electron chi connectivity index (χ3n) is 5.48. The number of nitrogens with zero attached hydrogens (tertiary/aromatic N) is 4. The van der Waals surface area contributed by atoms with E-state index in [1.807, 2.05) is 53.6 Å². The van der Waals surface area contributed by atoms with E-state index in [2.05, 4.69) is 4.98 Å². The lowest BCUT2D eigenvalue weighted by Crippen LogP contribution is -2.55. The monoisotopic (exact) mass is 416 g/mol. The van der Waals surface area contributed by atoms with Crippen molar-refractivity contribution < 1.29 is 14.6 Å². The van der Waals surface area contributed by atoms with Crippen LogP contribution in [-0.2, 0) is 0 Å². The van der Waals surface area contributed by atoms with Gasteiger partial charge < -0.3 is 14.7 Å². The van der Waals surface area contributed by atoms with Crippen LogP contribution in [0.5, 0.6) is 11.5 Å². The third kappa shape index (κ3) is 3.22. The molecule has 0 fully saturated rings. The van der Waals surface area contributed by atoms with E-state index in [1.165, 1.54) is 12.3 Å². The van der Waals surface area contributed by atoms with E-state index in [4.69, 9.17) is 4.74 Å². The van der Waals surface area contributed by atoms with Crippen molar-refractivity contribution in [2.24, 2.45) is 0 Å². The molecule has 2 aromatic heterocycles. The van der Waals surface area contributed by atoms with Gasteiger partial charge in [-0.25, -0.2) is 0 Å². The fourth-order valence-corrected chi connectivity index (χ4v) is 4.02. The Kier molecular flexibility index (Phi) is 4.66. The number of carbonyl (C=O) groups is 1. The van der Waals surface area contributed by atoms with Gasteiger partial charge in [0, 0.05) is 36.8 Å². The highest BCUT2D eigenvalue weighted by Gasteiger charge is 2.37. The highest BCUT2D eigenvalue weighted by Crippen LogP contribution is 2.36. The topological polar surface area (TPSA) is 87.9 Å². The second kappa shape index (κ2) is 7.64. The number of hydrogen-bond donors (Lipinski definition) is 1.